The van der Waals surface area contributed by atoms with Crippen LogP contribution in [-0.2, 0) is 0 Å². The summed E-state index contributed by atoms with van der Waals surface area (Å²) in [6.07, 6.45) is -1.33. The molecule has 8 heteroatoms. The number of hydrogen-bond acceptors (Lipinski definition) is 4. The van der Waals surface area contributed by atoms with Crippen molar-refractivity contribution >= 4 is 5.91 Å². The van der Waals surface area contributed by atoms with Gasteiger partial charge >= 0.3 is 6.18 Å². The molecule has 0 aliphatic carbocycles. The second-order valence-electron chi connectivity index (χ2n) is 6.68. The smallest absolute Gasteiger partial charge is 0.337 e. The summed E-state index contributed by atoms with van der Waals surface area (Å²) in [7, 11) is 0. The van der Waals surface area contributed by atoms with E-state index in [-0.39, 0.29) is 30.8 Å². The van der Waals surface area contributed by atoms with Gasteiger partial charge in [0, 0.05) is 32.4 Å². The lowest BCUT2D eigenvalue weighted by molar-refractivity contribution is -0.146. The largest absolute Gasteiger partial charge is 0.401 e. The molecule has 134 valence electrons. The maximum absolute atomic E-state index is 12.8. The highest BCUT2D eigenvalue weighted by molar-refractivity contribution is 5.95. The molecule has 0 N–H and O–H groups in total. The topological polar surface area (TPSA) is 49.3 Å². The Labute approximate surface area is 139 Å². The first-order valence-electron chi connectivity index (χ1n) is 8.05. The number of hydrogen-bond donors (Lipinski definition) is 0. The zero-order chi connectivity index (χ0) is 17.9. The van der Waals surface area contributed by atoms with Gasteiger partial charge in [-0.15, -0.1) is 0 Å². The summed E-state index contributed by atoms with van der Waals surface area (Å²) in [4.78, 5) is 23.9. The van der Waals surface area contributed by atoms with Crippen LogP contribution in [0.3, 0.4) is 0 Å². The maximum atomic E-state index is 12.8. The average molecular weight is 344 g/mol. The highest BCUT2D eigenvalue weighted by atomic mass is 19.4. The fourth-order valence-electron chi connectivity index (χ4n) is 3.04. The SMILES string of the molecule is CC1CN(CC(F)(F)F)CCN(C(=O)c2cncnc2C(C)C)C1. The van der Waals surface area contributed by atoms with Crippen LogP contribution in [0.25, 0.3) is 0 Å². The minimum absolute atomic E-state index is 0.0362. The van der Waals surface area contributed by atoms with Gasteiger partial charge in [-0.05, 0) is 11.8 Å². The van der Waals surface area contributed by atoms with Crippen LogP contribution in [0.2, 0.25) is 0 Å². The summed E-state index contributed by atoms with van der Waals surface area (Å²) in [5.41, 5.74) is 1.10. The standard InChI is InChI=1S/C16H23F3N4O/c1-11(2)14-13(6-20-10-21-14)15(24)23-5-4-22(7-12(3)8-23)9-16(17,18)19/h6,10-12H,4-5,7-9H2,1-3H3. The molecule has 1 unspecified atom stereocenters. The van der Waals surface area contributed by atoms with Gasteiger partial charge in [-0.3, -0.25) is 9.69 Å². The molecule has 2 heterocycles. The van der Waals surface area contributed by atoms with E-state index in [1.165, 1.54) is 17.4 Å². The number of amides is 1. The number of aromatic nitrogens is 2. The van der Waals surface area contributed by atoms with Gasteiger partial charge in [-0.2, -0.15) is 13.2 Å². The van der Waals surface area contributed by atoms with Gasteiger partial charge in [0.25, 0.3) is 5.91 Å². The van der Waals surface area contributed by atoms with Crippen LogP contribution in [0, 0.1) is 5.92 Å². The van der Waals surface area contributed by atoms with Gasteiger partial charge in [0.15, 0.2) is 0 Å². The van der Waals surface area contributed by atoms with Gasteiger partial charge in [-0.1, -0.05) is 20.8 Å². The van der Waals surface area contributed by atoms with E-state index in [0.29, 0.717) is 24.3 Å². The normalized spacial score (nSPS) is 20.3. The lowest BCUT2D eigenvalue weighted by atomic mass is 10.0. The molecule has 1 amide bonds. The Balaban J connectivity index is 2.14. The molecule has 2 rings (SSSR count). The average Bonchev–Trinajstić information content (AvgIpc) is 2.66. The van der Waals surface area contributed by atoms with Crippen molar-refractivity contribution in [2.75, 3.05) is 32.7 Å². The van der Waals surface area contributed by atoms with Crippen LogP contribution >= 0.6 is 0 Å². The van der Waals surface area contributed by atoms with Crippen molar-refractivity contribution in [3.05, 3.63) is 23.8 Å². The Hall–Kier alpha value is -1.70. The number of alkyl halides is 3. The third-order valence-electron chi connectivity index (χ3n) is 4.00. The van der Waals surface area contributed by atoms with Crippen LogP contribution in [-0.4, -0.2) is 64.6 Å². The highest BCUT2D eigenvalue weighted by Gasteiger charge is 2.33. The van der Waals surface area contributed by atoms with Crippen LogP contribution in [0.15, 0.2) is 12.5 Å². The molecule has 0 spiro atoms. The minimum Gasteiger partial charge on any atom is -0.337 e. The molecule has 0 bridgehead atoms. The molecule has 0 radical (unpaired) electrons. The summed E-state index contributed by atoms with van der Waals surface area (Å²) in [6.45, 7) is 6.03. The van der Waals surface area contributed by atoms with E-state index >= 15 is 0 Å². The van der Waals surface area contributed by atoms with Crippen LogP contribution < -0.4 is 0 Å². The van der Waals surface area contributed by atoms with Gasteiger partial charge in [0.1, 0.15) is 6.33 Å². The number of carbonyl (C=O) groups excluding carboxylic acids is 1. The van der Waals surface area contributed by atoms with Gasteiger partial charge in [-0.25, -0.2) is 9.97 Å². The summed E-state index contributed by atoms with van der Waals surface area (Å²) < 4.78 is 37.9. The molecule has 1 fully saturated rings. The Morgan fingerprint density at radius 1 is 1.33 bits per heavy atom. The molecular formula is C16H23F3N4O. The molecule has 1 atom stereocenters. The van der Waals surface area contributed by atoms with Crippen molar-refractivity contribution < 1.29 is 18.0 Å². The number of nitrogens with zero attached hydrogens (tertiary/aromatic N) is 4. The van der Waals surface area contributed by atoms with Gasteiger partial charge in [0.2, 0.25) is 0 Å². The number of rotatable bonds is 3. The molecular weight excluding hydrogens is 321 g/mol. The van der Waals surface area contributed by atoms with E-state index in [4.69, 9.17) is 0 Å². The summed E-state index contributed by atoms with van der Waals surface area (Å²) in [5.74, 6) is -0.177. The third-order valence-corrected chi connectivity index (χ3v) is 4.00. The Bertz CT molecular complexity index is 577. The summed E-state index contributed by atoms with van der Waals surface area (Å²) >= 11 is 0. The Morgan fingerprint density at radius 2 is 2.04 bits per heavy atom. The number of carbonyl (C=O) groups is 1. The lowest BCUT2D eigenvalue weighted by Crippen LogP contribution is -2.39. The second kappa shape index (κ2) is 7.46. The van der Waals surface area contributed by atoms with E-state index in [1.807, 2.05) is 20.8 Å². The van der Waals surface area contributed by atoms with Crippen LogP contribution in [0.5, 0.6) is 0 Å². The van der Waals surface area contributed by atoms with Crippen molar-refractivity contribution in [1.82, 2.24) is 19.8 Å². The quantitative estimate of drug-likeness (QED) is 0.846. The third kappa shape index (κ3) is 4.90. The predicted octanol–water partition coefficient (Wildman–Crippen LogP) is 2.56. The molecule has 1 aliphatic heterocycles. The Morgan fingerprint density at radius 3 is 2.67 bits per heavy atom. The van der Waals surface area contributed by atoms with Crippen LogP contribution in [0.1, 0.15) is 42.7 Å². The lowest BCUT2D eigenvalue weighted by Gasteiger charge is -2.23. The first kappa shape index (κ1) is 18.6. The van der Waals surface area contributed by atoms with E-state index in [1.54, 1.807) is 4.90 Å². The monoisotopic (exact) mass is 344 g/mol. The van der Waals surface area contributed by atoms with E-state index in [9.17, 15) is 18.0 Å². The predicted molar refractivity (Wildman–Crippen MR) is 83.7 cm³/mol. The van der Waals surface area contributed by atoms with Gasteiger partial charge in [0.05, 0.1) is 17.8 Å². The molecule has 24 heavy (non-hydrogen) atoms. The summed E-state index contributed by atoms with van der Waals surface area (Å²) in [6, 6.07) is 0. The zero-order valence-corrected chi connectivity index (χ0v) is 14.2. The zero-order valence-electron chi connectivity index (χ0n) is 14.2. The molecule has 1 aromatic rings. The van der Waals surface area contributed by atoms with Crippen molar-refractivity contribution in [1.29, 1.82) is 0 Å². The first-order valence-corrected chi connectivity index (χ1v) is 8.05. The highest BCUT2D eigenvalue weighted by Crippen LogP contribution is 2.21. The van der Waals surface area contributed by atoms with Crippen molar-refractivity contribution in [3.8, 4) is 0 Å². The van der Waals surface area contributed by atoms with Crippen molar-refractivity contribution in [2.45, 2.75) is 32.9 Å². The number of halogens is 3. The Kier molecular flexibility index (Phi) is 5.79. The van der Waals surface area contributed by atoms with E-state index < -0.39 is 12.7 Å². The molecule has 1 saturated heterocycles. The van der Waals surface area contributed by atoms with Crippen molar-refractivity contribution in [3.63, 3.8) is 0 Å². The first-order chi connectivity index (χ1) is 11.2. The molecule has 5 nitrogen and oxygen atoms in total. The molecule has 0 aromatic carbocycles. The van der Waals surface area contributed by atoms with Gasteiger partial charge < -0.3 is 4.90 Å². The molecule has 1 aliphatic rings. The van der Waals surface area contributed by atoms with Crippen LogP contribution in [0.4, 0.5) is 13.2 Å². The van der Waals surface area contributed by atoms with Crippen molar-refractivity contribution in [2.24, 2.45) is 5.92 Å². The van der Waals surface area contributed by atoms with E-state index in [0.717, 1.165) is 0 Å². The fourth-order valence-corrected chi connectivity index (χ4v) is 3.04. The minimum atomic E-state index is -4.23. The summed E-state index contributed by atoms with van der Waals surface area (Å²) in [5, 5.41) is 0. The van der Waals surface area contributed by atoms with E-state index in [2.05, 4.69) is 9.97 Å². The molecule has 0 saturated carbocycles. The maximum Gasteiger partial charge on any atom is 0.401 e. The second-order valence-corrected chi connectivity index (χ2v) is 6.68. The molecule has 1 aromatic heterocycles. The fraction of sp³-hybridized carbons (Fsp3) is 0.688.